The number of aromatic hydroxyl groups is 1. The van der Waals surface area contributed by atoms with Gasteiger partial charge in [-0.1, -0.05) is 18.2 Å². The molecule has 1 aliphatic carbocycles. The number of rotatable bonds is 2. The van der Waals surface area contributed by atoms with Gasteiger partial charge in [0.15, 0.2) is 0 Å². The number of piperidine rings is 1. The van der Waals surface area contributed by atoms with Gasteiger partial charge in [0, 0.05) is 30.5 Å². The van der Waals surface area contributed by atoms with E-state index in [0.29, 0.717) is 5.92 Å². The highest BCUT2D eigenvalue weighted by molar-refractivity contribution is 5.86. The average molecular weight is 336 g/mol. The second-order valence-corrected chi connectivity index (χ2v) is 7.27. The van der Waals surface area contributed by atoms with Crippen LogP contribution in [0.2, 0.25) is 0 Å². The lowest BCUT2D eigenvalue weighted by atomic mass is 9.89. The highest BCUT2D eigenvalue weighted by Gasteiger charge is 2.35. The van der Waals surface area contributed by atoms with Gasteiger partial charge >= 0.3 is 0 Å². The van der Waals surface area contributed by atoms with E-state index < -0.39 is 0 Å². The van der Waals surface area contributed by atoms with E-state index in [1.165, 1.54) is 5.56 Å². The summed E-state index contributed by atoms with van der Waals surface area (Å²) in [5.41, 5.74) is 4.30. The molecule has 0 bridgehead atoms. The van der Waals surface area contributed by atoms with Gasteiger partial charge in [0.2, 0.25) is 5.91 Å². The Morgan fingerprint density at radius 2 is 1.96 bits per heavy atom. The minimum absolute atomic E-state index is 0.172. The number of nitrogens with zero attached hydrogens (tertiary/aromatic N) is 2. The fourth-order valence-corrected chi connectivity index (χ4v) is 4.29. The number of hydrogen-bond acceptors (Lipinski definition) is 3. The van der Waals surface area contributed by atoms with E-state index in [1.54, 1.807) is 6.07 Å². The molecule has 1 aliphatic heterocycles. The molecule has 1 saturated heterocycles. The fraction of sp³-hybridized carbons (Fsp3) is 0.429. The van der Waals surface area contributed by atoms with Crippen molar-refractivity contribution in [3.63, 3.8) is 0 Å². The summed E-state index contributed by atoms with van der Waals surface area (Å²) in [5, 5.41) is 10.2. The van der Waals surface area contributed by atoms with Crippen molar-refractivity contribution in [3.05, 3.63) is 58.9 Å². The third-order valence-corrected chi connectivity index (χ3v) is 5.73. The average Bonchev–Trinajstić information content (AvgIpc) is 3.07. The molecular weight excluding hydrogens is 312 g/mol. The molecule has 1 unspecified atom stereocenters. The van der Waals surface area contributed by atoms with Crippen molar-refractivity contribution in [2.45, 2.75) is 44.4 Å². The predicted octanol–water partition coefficient (Wildman–Crippen LogP) is 3.53. The first-order valence-corrected chi connectivity index (χ1v) is 9.15. The number of phenols is 1. The van der Waals surface area contributed by atoms with Crippen LogP contribution in [0.1, 0.15) is 53.5 Å². The number of amides is 1. The van der Waals surface area contributed by atoms with Crippen LogP contribution in [0.5, 0.6) is 5.75 Å². The molecule has 4 rings (SSSR count). The number of pyridine rings is 1. The summed E-state index contributed by atoms with van der Waals surface area (Å²) in [6.07, 6.45) is 5.63. The number of carbonyl (C=O) groups is 1. The van der Waals surface area contributed by atoms with Gasteiger partial charge in [-0.05, 0) is 61.8 Å². The van der Waals surface area contributed by atoms with Gasteiger partial charge in [-0.3, -0.25) is 9.78 Å². The van der Waals surface area contributed by atoms with Crippen molar-refractivity contribution in [2.75, 3.05) is 13.1 Å². The molecule has 0 spiro atoms. The van der Waals surface area contributed by atoms with Crippen LogP contribution in [0.25, 0.3) is 0 Å². The van der Waals surface area contributed by atoms with Crippen molar-refractivity contribution < 1.29 is 9.90 Å². The zero-order valence-electron chi connectivity index (χ0n) is 14.6. The van der Waals surface area contributed by atoms with Crippen molar-refractivity contribution >= 4 is 5.91 Å². The van der Waals surface area contributed by atoms with Crippen LogP contribution in [0.4, 0.5) is 0 Å². The van der Waals surface area contributed by atoms with Crippen LogP contribution in [-0.2, 0) is 11.2 Å². The first-order chi connectivity index (χ1) is 12.1. The van der Waals surface area contributed by atoms with E-state index in [0.717, 1.165) is 55.6 Å². The van der Waals surface area contributed by atoms with E-state index in [-0.39, 0.29) is 17.6 Å². The zero-order valence-corrected chi connectivity index (χ0v) is 14.6. The van der Waals surface area contributed by atoms with E-state index in [4.69, 9.17) is 0 Å². The maximum absolute atomic E-state index is 13.0. The standard InChI is InChI=1S/C21H24N2O2/c1-14-5-6-17(13-22-14)15-9-11-23(12-10-15)21(25)18-8-7-16-3-2-4-19(24)20(16)18/h2-6,13,15,18,24H,7-12H2,1H3. The fourth-order valence-electron chi connectivity index (χ4n) is 4.29. The maximum atomic E-state index is 13.0. The summed E-state index contributed by atoms with van der Waals surface area (Å²) in [6.45, 7) is 3.58. The smallest absolute Gasteiger partial charge is 0.230 e. The first-order valence-electron chi connectivity index (χ1n) is 9.15. The van der Waals surface area contributed by atoms with Gasteiger partial charge in [0.1, 0.15) is 5.75 Å². The zero-order chi connectivity index (χ0) is 17.4. The van der Waals surface area contributed by atoms with Gasteiger partial charge in [0.05, 0.1) is 5.92 Å². The van der Waals surface area contributed by atoms with E-state index in [1.807, 2.05) is 30.2 Å². The number of aromatic nitrogens is 1. The van der Waals surface area contributed by atoms with Gasteiger partial charge in [0.25, 0.3) is 0 Å². The van der Waals surface area contributed by atoms with Crippen molar-refractivity contribution in [2.24, 2.45) is 0 Å². The van der Waals surface area contributed by atoms with Crippen LogP contribution in [-0.4, -0.2) is 34.0 Å². The Labute approximate surface area is 148 Å². The minimum atomic E-state index is -0.172. The lowest BCUT2D eigenvalue weighted by Crippen LogP contribution is -2.40. The predicted molar refractivity (Wildman–Crippen MR) is 96.7 cm³/mol. The Balaban J connectivity index is 1.43. The lowest BCUT2D eigenvalue weighted by molar-refractivity contribution is -0.133. The van der Waals surface area contributed by atoms with Crippen molar-refractivity contribution in [1.82, 2.24) is 9.88 Å². The third kappa shape index (κ3) is 3.01. The topological polar surface area (TPSA) is 53.4 Å². The molecule has 4 nitrogen and oxygen atoms in total. The quantitative estimate of drug-likeness (QED) is 0.913. The summed E-state index contributed by atoms with van der Waals surface area (Å²) < 4.78 is 0. The molecule has 1 aromatic carbocycles. The number of hydrogen-bond donors (Lipinski definition) is 1. The molecule has 25 heavy (non-hydrogen) atoms. The molecule has 2 aromatic rings. The summed E-state index contributed by atoms with van der Waals surface area (Å²) in [5.74, 6) is 0.768. The van der Waals surface area contributed by atoms with E-state index in [2.05, 4.69) is 17.1 Å². The second-order valence-electron chi connectivity index (χ2n) is 7.27. The molecule has 1 N–H and O–H groups in total. The van der Waals surface area contributed by atoms with Gasteiger partial charge in [-0.25, -0.2) is 0 Å². The van der Waals surface area contributed by atoms with Gasteiger partial charge < -0.3 is 10.0 Å². The molecule has 0 radical (unpaired) electrons. The Bertz CT molecular complexity index is 777. The van der Waals surface area contributed by atoms with Crippen LogP contribution < -0.4 is 0 Å². The number of aryl methyl sites for hydroxylation is 2. The molecule has 2 aliphatic rings. The monoisotopic (exact) mass is 336 g/mol. The largest absolute Gasteiger partial charge is 0.508 e. The molecule has 130 valence electrons. The molecule has 1 atom stereocenters. The summed E-state index contributed by atoms with van der Waals surface area (Å²) >= 11 is 0. The van der Waals surface area contributed by atoms with Crippen LogP contribution in [0.3, 0.4) is 0 Å². The Kier molecular flexibility index (Phi) is 4.20. The molecule has 4 heteroatoms. The number of fused-ring (bicyclic) bond motifs is 1. The van der Waals surface area contributed by atoms with E-state index >= 15 is 0 Å². The highest BCUT2D eigenvalue weighted by Crippen LogP contribution is 2.40. The van der Waals surface area contributed by atoms with Crippen LogP contribution >= 0.6 is 0 Å². The van der Waals surface area contributed by atoms with Crippen LogP contribution in [0, 0.1) is 6.92 Å². The number of phenolic OH excluding ortho intramolecular Hbond substituents is 1. The maximum Gasteiger partial charge on any atom is 0.230 e. The molecule has 0 saturated carbocycles. The van der Waals surface area contributed by atoms with Crippen molar-refractivity contribution in [1.29, 1.82) is 0 Å². The normalized spacial score (nSPS) is 20.5. The van der Waals surface area contributed by atoms with Crippen molar-refractivity contribution in [3.8, 4) is 5.75 Å². The number of likely N-dealkylation sites (tertiary alicyclic amines) is 1. The summed E-state index contributed by atoms with van der Waals surface area (Å²) in [6, 6.07) is 9.81. The lowest BCUT2D eigenvalue weighted by Gasteiger charge is -2.34. The number of benzene rings is 1. The molecular formula is C21H24N2O2. The van der Waals surface area contributed by atoms with Crippen LogP contribution in [0.15, 0.2) is 36.5 Å². The molecule has 2 heterocycles. The molecule has 1 amide bonds. The molecule has 1 aromatic heterocycles. The van der Waals surface area contributed by atoms with Gasteiger partial charge in [-0.15, -0.1) is 0 Å². The highest BCUT2D eigenvalue weighted by atomic mass is 16.3. The summed E-state index contributed by atoms with van der Waals surface area (Å²) in [4.78, 5) is 19.4. The van der Waals surface area contributed by atoms with E-state index in [9.17, 15) is 9.90 Å². The Hall–Kier alpha value is -2.36. The minimum Gasteiger partial charge on any atom is -0.508 e. The Morgan fingerprint density at radius 1 is 1.16 bits per heavy atom. The number of carbonyl (C=O) groups excluding carboxylic acids is 1. The SMILES string of the molecule is Cc1ccc(C2CCN(C(=O)C3CCc4cccc(O)c43)CC2)cn1. The third-order valence-electron chi connectivity index (χ3n) is 5.73. The summed E-state index contributed by atoms with van der Waals surface area (Å²) in [7, 11) is 0. The second kappa shape index (κ2) is 6.51. The van der Waals surface area contributed by atoms with Gasteiger partial charge in [-0.2, -0.15) is 0 Å². The first kappa shape index (κ1) is 16.1. The Morgan fingerprint density at radius 3 is 2.68 bits per heavy atom. The molecule has 1 fully saturated rings.